The number of hydrogen-bond acceptors (Lipinski definition) is 2. The van der Waals surface area contributed by atoms with E-state index >= 15 is 0 Å². The zero-order chi connectivity index (χ0) is 12.5. The quantitative estimate of drug-likeness (QED) is 0.805. The third-order valence-electron chi connectivity index (χ3n) is 3.72. The summed E-state index contributed by atoms with van der Waals surface area (Å²) in [6.45, 7) is 5.68. The Hall–Kier alpha value is -0.502. The number of piperidine rings is 1. The molecule has 1 heterocycles. The molecule has 4 heteroatoms. The second-order valence-electron chi connectivity index (χ2n) is 4.82. The molecule has 1 aromatic carbocycles. The van der Waals surface area contributed by atoms with Crippen LogP contribution in [-0.4, -0.2) is 31.0 Å². The molecule has 94 valence electrons. The fourth-order valence-corrected chi connectivity index (χ4v) is 7.28. The monoisotopic (exact) mass is 297 g/mol. The number of hydrogen-bond donors (Lipinski definition) is 2. The van der Waals surface area contributed by atoms with E-state index in [-0.39, 0.29) is 4.71 Å². The predicted octanol–water partition coefficient (Wildman–Crippen LogP) is 1.13. The van der Waals surface area contributed by atoms with Crippen LogP contribution in [0.2, 0.25) is 4.71 Å². The molecule has 1 aliphatic heterocycles. The van der Waals surface area contributed by atoms with Crippen LogP contribution in [-0.2, 0) is 3.74 Å². The third-order valence-corrected chi connectivity index (χ3v) is 9.35. The second kappa shape index (κ2) is 5.01. The van der Waals surface area contributed by atoms with Gasteiger partial charge in [0.1, 0.15) is 0 Å². The Morgan fingerprint density at radius 3 is 2.59 bits per heavy atom. The van der Waals surface area contributed by atoms with Gasteiger partial charge in [0, 0.05) is 0 Å². The molecule has 0 amide bonds. The Bertz CT molecular complexity index is 453. The first-order valence-electron chi connectivity index (χ1n) is 6.13. The van der Waals surface area contributed by atoms with Crippen LogP contribution < -0.4 is 9.67 Å². The Labute approximate surface area is 105 Å². The minimum atomic E-state index is -3.92. The number of nitrogens with one attached hydrogen (secondary N) is 1. The van der Waals surface area contributed by atoms with E-state index in [9.17, 15) is 7.84 Å². The van der Waals surface area contributed by atoms with Crippen LogP contribution in [0.1, 0.15) is 24.0 Å². The zero-order valence-corrected chi connectivity index (χ0v) is 12.3. The normalized spacial score (nSPS) is 21.1. The summed E-state index contributed by atoms with van der Waals surface area (Å²) >= 11 is -3.92. The average molecular weight is 297 g/mol. The van der Waals surface area contributed by atoms with Crippen LogP contribution in [0, 0.1) is 13.8 Å². The summed E-state index contributed by atoms with van der Waals surface area (Å²) in [7, 11) is 0. The molecule has 1 aliphatic rings. The van der Waals surface area contributed by atoms with Crippen molar-refractivity contribution < 1.29 is 7.84 Å². The summed E-state index contributed by atoms with van der Waals surface area (Å²) in [5, 5.41) is 3.24. The van der Waals surface area contributed by atoms with Crippen molar-refractivity contribution in [3.63, 3.8) is 0 Å². The zero-order valence-electron chi connectivity index (χ0n) is 10.4. The van der Waals surface area contributed by atoms with Crippen molar-refractivity contribution in [2.45, 2.75) is 31.4 Å². The van der Waals surface area contributed by atoms with Gasteiger partial charge >= 0.3 is 105 Å². The number of aryl methyl sites for hydroxylation is 1. The van der Waals surface area contributed by atoms with E-state index in [1.807, 2.05) is 32.0 Å². The maximum atomic E-state index is 12.7. The summed E-state index contributed by atoms with van der Waals surface area (Å²) in [4.78, 5) is 0. The van der Waals surface area contributed by atoms with Crippen LogP contribution >= 0.6 is 0 Å². The van der Waals surface area contributed by atoms with E-state index in [0.29, 0.717) is 0 Å². The Morgan fingerprint density at radius 2 is 1.94 bits per heavy atom. The second-order valence-corrected chi connectivity index (χ2v) is 9.98. The van der Waals surface area contributed by atoms with Crippen molar-refractivity contribution in [3.8, 4) is 0 Å². The van der Waals surface area contributed by atoms with Gasteiger partial charge in [-0.2, -0.15) is 0 Å². The molecule has 0 aliphatic carbocycles. The van der Waals surface area contributed by atoms with Gasteiger partial charge in [0.25, 0.3) is 0 Å². The van der Waals surface area contributed by atoms with Gasteiger partial charge < -0.3 is 0 Å². The maximum absolute atomic E-state index is 12.7. The molecule has 0 bridgehead atoms. The summed E-state index contributed by atoms with van der Waals surface area (Å²) in [6.07, 6.45) is 1.64. The molecular weight excluding hydrogens is 277 g/mol. The molecule has 0 spiro atoms. The van der Waals surface area contributed by atoms with Crippen molar-refractivity contribution in [1.29, 1.82) is 0 Å². The molecule has 0 radical (unpaired) electrons. The fraction of sp³-hybridized carbons (Fsp3) is 0.538. The van der Waals surface area contributed by atoms with Crippen LogP contribution in [0.15, 0.2) is 18.2 Å². The number of benzene rings is 1. The molecule has 2 rings (SSSR count). The molecule has 1 atom stereocenters. The molecular formula is C13H20AsNO2. The van der Waals surface area contributed by atoms with Crippen molar-refractivity contribution in [2.24, 2.45) is 0 Å². The van der Waals surface area contributed by atoms with Crippen molar-refractivity contribution in [2.75, 3.05) is 13.1 Å². The Morgan fingerprint density at radius 1 is 1.29 bits per heavy atom. The van der Waals surface area contributed by atoms with Gasteiger partial charge in [-0.1, -0.05) is 0 Å². The average Bonchev–Trinajstić information content (AvgIpc) is 2.33. The van der Waals surface area contributed by atoms with Gasteiger partial charge in [-0.05, 0) is 0 Å². The van der Waals surface area contributed by atoms with Gasteiger partial charge in [-0.3, -0.25) is 0 Å². The molecule has 17 heavy (non-hydrogen) atoms. The van der Waals surface area contributed by atoms with Crippen LogP contribution in [0.5, 0.6) is 0 Å². The van der Waals surface area contributed by atoms with E-state index in [2.05, 4.69) is 5.32 Å². The third kappa shape index (κ3) is 2.52. The first-order chi connectivity index (χ1) is 8.03. The Balaban J connectivity index is 2.36. The Kier molecular flexibility index (Phi) is 3.81. The summed E-state index contributed by atoms with van der Waals surface area (Å²) < 4.78 is 23.9. The van der Waals surface area contributed by atoms with Gasteiger partial charge in [-0.15, -0.1) is 0 Å². The van der Waals surface area contributed by atoms with E-state index in [4.69, 9.17) is 0 Å². The van der Waals surface area contributed by atoms with E-state index < -0.39 is 13.8 Å². The van der Waals surface area contributed by atoms with Gasteiger partial charge in [0.2, 0.25) is 0 Å². The first-order valence-corrected chi connectivity index (χ1v) is 9.76. The summed E-state index contributed by atoms with van der Waals surface area (Å²) in [5.74, 6) is 0. The summed E-state index contributed by atoms with van der Waals surface area (Å²) in [6, 6.07) is 5.73. The standard InChI is InChI=1S/C13H20AsNO2/c1-10-4-3-5-13(11(10)2)14(16,17)12-6-8-15-9-7-12/h3-5,12,15H,6-9H2,1-2H3,(H,16,17). The minimum absolute atomic E-state index is 0.0186. The SMILES string of the molecule is Cc1cccc([As](=O)(O)C2CCNCC2)c1C. The fourth-order valence-electron chi connectivity index (χ4n) is 2.44. The molecule has 0 aromatic heterocycles. The van der Waals surface area contributed by atoms with Crippen molar-refractivity contribution >= 4 is 18.2 Å². The van der Waals surface area contributed by atoms with E-state index in [1.54, 1.807) is 0 Å². The molecule has 0 saturated carbocycles. The van der Waals surface area contributed by atoms with Crippen LogP contribution in [0.3, 0.4) is 0 Å². The molecule has 1 fully saturated rings. The molecule has 1 unspecified atom stereocenters. The van der Waals surface area contributed by atoms with Crippen molar-refractivity contribution in [3.05, 3.63) is 29.3 Å². The van der Waals surface area contributed by atoms with Gasteiger partial charge in [0.15, 0.2) is 0 Å². The van der Waals surface area contributed by atoms with E-state index in [1.165, 1.54) is 0 Å². The molecule has 1 saturated heterocycles. The van der Waals surface area contributed by atoms with Crippen LogP contribution in [0.4, 0.5) is 0 Å². The first kappa shape index (κ1) is 12.9. The van der Waals surface area contributed by atoms with Gasteiger partial charge in [0.05, 0.1) is 0 Å². The van der Waals surface area contributed by atoms with Crippen molar-refractivity contribution in [1.82, 2.24) is 5.32 Å². The van der Waals surface area contributed by atoms with E-state index in [0.717, 1.165) is 41.4 Å². The van der Waals surface area contributed by atoms with Crippen LogP contribution in [0.25, 0.3) is 0 Å². The number of rotatable bonds is 2. The summed E-state index contributed by atoms with van der Waals surface area (Å²) in [5.41, 5.74) is 2.10. The predicted molar refractivity (Wildman–Crippen MR) is 70.1 cm³/mol. The molecule has 2 N–H and O–H groups in total. The molecule has 1 aromatic rings. The molecule has 3 nitrogen and oxygen atoms in total. The van der Waals surface area contributed by atoms with Gasteiger partial charge in [-0.25, -0.2) is 0 Å². The topological polar surface area (TPSA) is 49.3 Å².